The van der Waals surface area contributed by atoms with Crippen molar-refractivity contribution in [2.45, 2.75) is 51.0 Å². The second-order valence-corrected chi connectivity index (χ2v) is 5.76. The van der Waals surface area contributed by atoms with Crippen LogP contribution in [-0.2, 0) is 4.74 Å². The lowest BCUT2D eigenvalue weighted by Gasteiger charge is -2.16. The summed E-state index contributed by atoms with van der Waals surface area (Å²) in [5.74, 6) is 1.53. The van der Waals surface area contributed by atoms with Crippen LogP contribution in [0.1, 0.15) is 44.9 Å². The normalized spacial score (nSPS) is 27.7. The first-order chi connectivity index (χ1) is 8.34. The summed E-state index contributed by atoms with van der Waals surface area (Å²) in [6.07, 6.45) is 8.66. The lowest BCUT2D eigenvalue weighted by Crippen LogP contribution is -2.29. The first-order valence-corrected chi connectivity index (χ1v) is 7.31. The molecule has 0 spiro atoms. The number of aliphatic hydroxyl groups is 1. The van der Waals surface area contributed by atoms with Gasteiger partial charge < -0.3 is 15.2 Å². The smallest absolute Gasteiger partial charge is 0.0667 e. The molecule has 0 amide bonds. The topological polar surface area (TPSA) is 41.5 Å². The van der Waals surface area contributed by atoms with Crippen LogP contribution in [0.3, 0.4) is 0 Å². The van der Waals surface area contributed by atoms with Gasteiger partial charge in [-0.3, -0.25) is 0 Å². The Morgan fingerprint density at radius 1 is 1.18 bits per heavy atom. The summed E-state index contributed by atoms with van der Waals surface area (Å²) in [5.41, 5.74) is 0. The van der Waals surface area contributed by atoms with Gasteiger partial charge in [-0.1, -0.05) is 25.7 Å². The van der Waals surface area contributed by atoms with Crippen LogP contribution >= 0.6 is 0 Å². The molecule has 100 valence electrons. The number of hydrogen-bond acceptors (Lipinski definition) is 3. The Hall–Kier alpha value is -0.120. The van der Waals surface area contributed by atoms with Gasteiger partial charge in [-0.25, -0.2) is 0 Å². The van der Waals surface area contributed by atoms with Gasteiger partial charge in [-0.2, -0.15) is 0 Å². The first-order valence-electron chi connectivity index (χ1n) is 7.31. The van der Waals surface area contributed by atoms with Crippen molar-refractivity contribution in [3.8, 4) is 0 Å². The van der Waals surface area contributed by atoms with E-state index in [2.05, 4.69) is 5.32 Å². The summed E-state index contributed by atoms with van der Waals surface area (Å²) >= 11 is 0. The fraction of sp³-hybridized carbons (Fsp3) is 1.00. The van der Waals surface area contributed by atoms with Crippen molar-refractivity contribution in [2.24, 2.45) is 11.8 Å². The SMILES string of the molecule is OC(CNCCC1CCOC1)CC1CCCC1. The standard InChI is InChI=1S/C14H27NO2/c16-14(9-12-3-1-2-4-12)10-15-7-5-13-6-8-17-11-13/h12-16H,1-11H2. The third kappa shape index (κ3) is 4.94. The largest absolute Gasteiger partial charge is 0.392 e. The van der Waals surface area contributed by atoms with Crippen molar-refractivity contribution in [2.75, 3.05) is 26.3 Å². The maximum absolute atomic E-state index is 9.91. The zero-order chi connectivity index (χ0) is 11.9. The van der Waals surface area contributed by atoms with Gasteiger partial charge in [-0.05, 0) is 37.6 Å². The molecule has 1 heterocycles. The second kappa shape index (κ2) is 7.34. The predicted molar refractivity (Wildman–Crippen MR) is 69.0 cm³/mol. The quantitative estimate of drug-likeness (QED) is 0.669. The lowest BCUT2D eigenvalue weighted by molar-refractivity contribution is 0.140. The fourth-order valence-electron chi connectivity index (χ4n) is 3.10. The fourth-order valence-corrected chi connectivity index (χ4v) is 3.10. The molecule has 2 aliphatic rings. The molecule has 1 saturated heterocycles. The molecule has 2 rings (SSSR count). The van der Waals surface area contributed by atoms with Gasteiger partial charge in [0.2, 0.25) is 0 Å². The van der Waals surface area contributed by atoms with Crippen LogP contribution in [0.2, 0.25) is 0 Å². The van der Waals surface area contributed by atoms with Gasteiger partial charge >= 0.3 is 0 Å². The molecule has 0 aromatic carbocycles. The predicted octanol–water partition coefficient (Wildman–Crippen LogP) is 1.94. The molecule has 0 radical (unpaired) electrons. The molecular weight excluding hydrogens is 214 g/mol. The van der Waals surface area contributed by atoms with E-state index in [1.54, 1.807) is 0 Å². The van der Waals surface area contributed by atoms with Crippen molar-refractivity contribution in [1.82, 2.24) is 5.32 Å². The van der Waals surface area contributed by atoms with E-state index in [0.29, 0.717) is 0 Å². The maximum atomic E-state index is 9.91. The van der Waals surface area contributed by atoms with Crippen molar-refractivity contribution >= 4 is 0 Å². The Labute approximate surface area is 105 Å². The summed E-state index contributed by atoms with van der Waals surface area (Å²) in [6, 6.07) is 0. The minimum absolute atomic E-state index is 0.141. The Morgan fingerprint density at radius 2 is 2.00 bits per heavy atom. The van der Waals surface area contributed by atoms with Crippen LogP contribution in [0.4, 0.5) is 0 Å². The molecule has 17 heavy (non-hydrogen) atoms. The molecule has 2 fully saturated rings. The van der Waals surface area contributed by atoms with E-state index in [0.717, 1.165) is 44.6 Å². The summed E-state index contributed by atoms with van der Waals surface area (Å²) in [6.45, 7) is 3.67. The second-order valence-electron chi connectivity index (χ2n) is 5.76. The van der Waals surface area contributed by atoms with E-state index in [1.165, 1.54) is 38.5 Å². The zero-order valence-corrected chi connectivity index (χ0v) is 10.9. The molecule has 1 saturated carbocycles. The molecule has 2 atom stereocenters. The first kappa shape index (κ1) is 13.3. The molecule has 0 aromatic heterocycles. The highest BCUT2D eigenvalue weighted by molar-refractivity contribution is 4.73. The van der Waals surface area contributed by atoms with Crippen molar-refractivity contribution in [3.05, 3.63) is 0 Å². The lowest BCUT2D eigenvalue weighted by atomic mass is 10.00. The minimum Gasteiger partial charge on any atom is -0.392 e. The summed E-state index contributed by atoms with van der Waals surface area (Å²) in [4.78, 5) is 0. The average Bonchev–Trinajstić information content (AvgIpc) is 2.96. The molecule has 2 N–H and O–H groups in total. The van der Waals surface area contributed by atoms with Crippen LogP contribution in [0.25, 0.3) is 0 Å². The van der Waals surface area contributed by atoms with E-state index in [1.807, 2.05) is 0 Å². The van der Waals surface area contributed by atoms with E-state index in [-0.39, 0.29) is 6.10 Å². The van der Waals surface area contributed by atoms with Crippen molar-refractivity contribution in [3.63, 3.8) is 0 Å². The Morgan fingerprint density at radius 3 is 2.71 bits per heavy atom. The summed E-state index contributed by atoms with van der Waals surface area (Å²) < 4.78 is 5.35. The molecule has 2 unspecified atom stereocenters. The maximum Gasteiger partial charge on any atom is 0.0667 e. The minimum atomic E-state index is -0.141. The van der Waals surface area contributed by atoms with E-state index < -0.39 is 0 Å². The van der Waals surface area contributed by atoms with Crippen LogP contribution in [0, 0.1) is 11.8 Å². The van der Waals surface area contributed by atoms with E-state index >= 15 is 0 Å². The van der Waals surface area contributed by atoms with Gasteiger partial charge in [0.15, 0.2) is 0 Å². The van der Waals surface area contributed by atoms with Crippen LogP contribution in [-0.4, -0.2) is 37.5 Å². The molecule has 3 nitrogen and oxygen atoms in total. The van der Waals surface area contributed by atoms with Gasteiger partial charge in [0, 0.05) is 19.8 Å². The zero-order valence-electron chi connectivity index (χ0n) is 10.9. The van der Waals surface area contributed by atoms with Crippen LogP contribution < -0.4 is 5.32 Å². The highest BCUT2D eigenvalue weighted by Gasteiger charge is 2.19. The summed E-state index contributed by atoms with van der Waals surface area (Å²) in [5, 5.41) is 13.3. The third-order valence-electron chi connectivity index (χ3n) is 4.21. The third-order valence-corrected chi connectivity index (χ3v) is 4.21. The highest BCUT2D eigenvalue weighted by Crippen LogP contribution is 2.28. The molecule has 0 aromatic rings. The van der Waals surface area contributed by atoms with E-state index in [4.69, 9.17) is 4.74 Å². The average molecular weight is 241 g/mol. The molecular formula is C14H27NO2. The van der Waals surface area contributed by atoms with Gasteiger partial charge in [0.1, 0.15) is 0 Å². The van der Waals surface area contributed by atoms with Crippen LogP contribution in [0.15, 0.2) is 0 Å². The molecule has 3 heteroatoms. The van der Waals surface area contributed by atoms with E-state index in [9.17, 15) is 5.11 Å². The van der Waals surface area contributed by atoms with Gasteiger partial charge in [-0.15, -0.1) is 0 Å². The number of aliphatic hydroxyl groups excluding tert-OH is 1. The summed E-state index contributed by atoms with van der Waals surface area (Å²) in [7, 11) is 0. The van der Waals surface area contributed by atoms with Crippen molar-refractivity contribution < 1.29 is 9.84 Å². The Balaban J connectivity index is 1.46. The van der Waals surface area contributed by atoms with Crippen molar-refractivity contribution in [1.29, 1.82) is 0 Å². The number of rotatable bonds is 7. The Bertz CT molecular complexity index is 198. The van der Waals surface area contributed by atoms with Crippen LogP contribution in [0.5, 0.6) is 0 Å². The monoisotopic (exact) mass is 241 g/mol. The number of nitrogens with one attached hydrogen (secondary N) is 1. The molecule has 0 bridgehead atoms. The molecule has 1 aliphatic carbocycles. The highest BCUT2D eigenvalue weighted by atomic mass is 16.5. The van der Waals surface area contributed by atoms with Gasteiger partial charge in [0.25, 0.3) is 0 Å². The van der Waals surface area contributed by atoms with Gasteiger partial charge in [0.05, 0.1) is 6.10 Å². The molecule has 1 aliphatic heterocycles. The number of ether oxygens (including phenoxy) is 1. The Kier molecular flexibility index (Phi) is 5.75. The number of hydrogen-bond donors (Lipinski definition) is 2.